The molecule has 0 aliphatic carbocycles. The van der Waals surface area contributed by atoms with Crippen LogP contribution in [0.15, 0.2) is 23.6 Å². The second-order valence-electron chi connectivity index (χ2n) is 4.62. The molecule has 6 heteroatoms. The number of rotatable bonds is 8. The van der Waals surface area contributed by atoms with Crippen molar-refractivity contribution in [2.45, 2.75) is 19.4 Å². The van der Waals surface area contributed by atoms with Gasteiger partial charge in [-0.25, -0.2) is 4.79 Å². The summed E-state index contributed by atoms with van der Waals surface area (Å²) in [6.07, 6.45) is -0.132. The first kappa shape index (κ1) is 16.7. The standard InChI is InChI=1S/C16H20O5S/c1-4-20-16(17)14(19-3)9-11-5-6-13(21-10-18-2)12-7-8-22-15(11)12/h5-8,14H,4,9-10H2,1-3H3. The molecule has 0 aliphatic heterocycles. The fourth-order valence-electron chi connectivity index (χ4n) is 2.20. The zero-order valence-electron chi connectivity index (χ0n) is 13.0. The fourth-order valence-corrected chi connectivity index (χ4v) is 3.14. The largest absolute Gasteiger partial charge is 0.467 e. The molecule has 2 aromatic rings. The second kappa shape index (κ2) is 8.12. The molecule has 0 N–H and O–H groups in total. The van der Waals surface area contributed by atoms with E-state index in [1.165, 1.54) is 7.11 Å². The summed E-state index contributed by atoms with van der Waals surface area (Å²) in [5, 5.41) is 3.01. The van der Waals surface area contributed by atoms with Crippen molar-refractivity contribution in [3.8, 4) is 5.75 Å². The Labute approximate surface area is 133 Å². The minimum Gasteiger partial charge on any atom is -0.467 e. The Morgan fingerprint density at radius 1 is 1.27 bits per heavy atom. The molecule has 5 nitrogen and oxygen atoms in total. The van der Waals surface area contributed by atoms with Crippen molar-refractivity contribution in [2.24, 2.45) is 0 Å². The zero-order chi connectivity index (χ0) is 15.9. The average molecular weight is 324 g/mol. The summed E-state index contributed by atoms with van der Waals surface area (Å²) in [5.41, 5.74) is 1.04. The van der Waals surface area contributed by atoms with E-state index < -0.39 is 6.10 Å². The van der Waals surface area contributed by atoms with Crippen molar-refractivity contribution in [1.82, 2.24) is 0 Å². The lowest BCUT2D eigenvalue weighted by molar-refractivity contribution is -0.154. The van der Waals surface area contributed by atoms with Crippen molar-refractivity contribution >= 4 is 27.4 Å². The first-order valence-corrected chi connectivity index (χ1v) is 7.89. The van der Waals surface area contributed by atoms with Crippen LogP contribution in [0.25, 0.3) is 10.1 Å². The van der Waals surface area contributed by atoms with Crippen LogP contribution >= 0.6 is 11.3 Å². The van der Waals surface area contributed by atoms with Crippen LogP contribution in [0.5, 0.6) is 5.75 Å². The molecule has 1 heterocycles. The quantitative estimate of drug-likeness (QED) is 0.552. The zero-order valence-corrected chi connectivity index (χ0v) is 13.8. The van der Waals surface area contributed by atoms with Crippen molar-refractivity contribution in [2.75, 3.05) is 27.6 Å². The predicted octanol–water partition coefficient (Wildman–Crippen LogP) is 3.00. The minimum absolute atomic E-state index is 0.202. The van der Waals surface area contributed by atoms with E-state index in [0.29, 0.717) is 13.0 Å². The smallest absolute Gasteiger partial charge is 0.335 e. The number of fused-ring (bicyclic) bond motifs is 1. The average Bonchev–Trinajstić information content (AvgIpc) is 3.01. The third-order valence-electron chi connectivity index (χ3n) is 3.23. The second-order valence-corrected chi connectivity index (χ2v) is 5.53. The molecule has 0 aliphatic rings. The molecule has 0 saturated heterocycles. The van der Waals surface area contributed by atoms with Crippen LogP contribution in [-0.4, -0.2) is 39.7 Å². The Balaban J connectivity index is 2.24. The molecular formula is C16H20O5S. The molecule has 0 spiro atoms. The van der Waals surface area contributed by atoms with Gasteiger partial charge in [-0.3, -0.25) is 0 Å². The summed E-state index contributed by atoms with van der Waals surface area (Å²) in [7, 11) is 3.10. The van der Waals surface area contributed by atoms with Gasteiger partial charge in [-0.1, -0.05) is 6.07 Å². The summed E-state index contributed by atoms with van der Waals surface area (Å²) < 4.78 is 21.9. The molecule has 22 heavy (non-hydrogen) atoms. The highest BCUT2D eigenvalue weighted by molar-refractivity contribution is 7.17. The molecule has 1 aromatic carbocycles. The molecule has 1 aromatic heterocycles. The number of hydrogen-bond donors (Lipinski definition) is 0. The van der Waals surface area contributed by atoms with Gasteiger partial charge in [-0.15, -0.1) is 11.3 Å². The normalized spacial score (nSPS) is 12.3. The Hall–Kier alpha value is -1.63. The number of hydrogen-bond acceptors (Lipinski definition) is 6. The number of methoxy groups -OCH3 is 2. The number of benzene rings is 1. The first-order valence-electron chi connectivity index (χ1n) is 7.01. The molecule has 1 atom stereocenters. The van der Waals surface area contributed by atoms with E-state index in [4.69, 9.17) is 18.9 Å². The Bertz CT molecular complexity index is 622. The van der Waals surface area contributed by atoms with E-state index >= 15 is 0 Å². The van der Waals surface area contributed by atoms with Crippen LogP contribution in [0.2, 0.25) is 0 Å². The van der Waals surface area contributed by atoms with Gasteiger partial charge in [0, 0.05) is 30.7 Å². The van der Waals surface area contributed by atoms with E-state index in [2.05, 4.69) is 0 Å². The van der Waals surface area contributed by atoms with Crippen LogP contribution in [0.1, 0.15) is 12.5 Å². The van der Waals surface area contributed by atoms with E-state index in [0.717, 1.165) is 21.4 Å². The highest BCUT2D eigenvalue weighted by Crippen LogP contribution is 2.33. The van der Waals surface area contributed by atoms with E-state index in [-0.39, 0.29) is 12.8 Å². The van der Waals surface area contributed by atoms with Crippen LogP contribution < -0.4 is 4.74 Å². The third kappa shape index (κ3) is 3.76. The molecule has 1 unspecified atom stereocenters. The number of ether oxygens (including phenoxy) is 4. The lowest BCUT2D eigenvalue weighted by Crippen LogP contribution is -2.27. The monoisotopic (exact) mass is 324 g/mol. The summed E-state index contributed by atoms with van der Waals surface area (Å²) in [4.78, 5) is 11.9. The number of esters is 1. The molecule has 120 valence electrons. The predicted molar refractivity (Wildman–Crippen MR) is 85.5 cm³/mol. The summed E-state index contributed by atoms with van der Waals surface area (Å²) in [6, 6.07) is 5.84. The molecule has 0 fully saturated rings. The highest BCUT2D eigenvalue weighted by atomic mass is 32.1. The maximum Gasteiger partial charge on any atom is 0.335 e. The molecule has 0 bridgehead atoms. The Morgan fingerprint density at radius 3 is 2.77 bits per heavy atom. The van der Waals surface area contributed by atoms with Gasteiger partial charge in [0.15, 0.2) is 12.9 Å². The Kier molecular flexibility index (Phi) is 6.18. The van der Waals surface area contributed by atoms with E-state index in [1.54, 1.807) is 25.4 Å². The van der Waals surface area contributed by atoms with Gasteiger partial charge >= 0.3 is 5.97 Å². The molecule has 0 radical (unpaired) electrons. The van der Waals surface area contributed by atoms with Crippen molar-refractivity contribution in [3.63, 3.8) is 0 Å². The molecule has 2 rings (SSSR count). The lowest BCUT2D eigenvalue weighted by atomic mass is 10.1. The number of thiophene rings is 1. The van der Waals surface area contributed by atoms with Gasteiger partial charge in [-0.05, 0) is 30.0 Å². The topological polar surface area (TPSA) is 54.0 Å². The van der Waals surface area contributed by atoms with Crippen molar-refractivity contribution in [1.29, 1.82) is 0 Å². The van der Waals surface area contributed by atoms with Crippen LogP contribution in [0, 0.1) is 0 Å². The van der Waals surface area contributed by atoms with Crippen molar-refractivity contribution < 1.29 is 23.7 Å². The number of carbonyl (C=O) groups excluding carboxylic acids is 1. The van der Waals surface area contributed by atoms with E-state index in [9.17, 15) is 4.79 Å². The minimum atomic E-state index is -0.601. The first-order chi connectivity index (χ1) is 10.7. The molecule has 0 saturated carbocycles. The number of carbonyl (C=O) groups is 1. The van der Waals surface area contributed by atoms with Gasteiger partial charge in [0.1, 0.15) is 5.75 Å². The van der Waals surface area contributed by atoms with Crippen LogP contribution in [0.4, 0.5) is 0 Å². The van der Waals surface area contributed by atoms with Gasteiger partial charge in [0.05, 0.1) is 6.61 Å². The lowest BCUT2D eigenvalue weighted by Gasteiger charge is -2.15. The van der Waals surface area contributed by atoms with Crippen LogP contribution in [-0.2, 0) is 25.4 Å². The molecule has 0 amide bonds. The highest BCUT2D eigenvalue weighted by Gasteiger charge is 2.21. The maximum absolute atomic E-state index is 11.9. The maximum atomic E-state index is 11.9. The van der Waals surface area contributed by atoms with E-state index in [1.807, 2.05) is 23.6 Å². The fraction of sp³-hybridized carbons (Fsp3) is 0.438. The summed E-state index contributed by atoms with van der Waals surface area (Å²) >= 11 is 1.61. The summed E-state index contributed by atoms with van der Waals surface area (Å²) in [6.45, 7) is 2.33. The molecular weight excluding hydrogens is 304 g/mol. The third-order valence-corrected chi connectivity index (χ3v) is 4.22. The summed E-state index contributed by atoms with van der Waals surface area (Å²) in [5.74, 6) is 0.432. The van der Waals surface area contributed by atoms with Gasteiger partial charge < -0.3 is 18.9 Å². The van der Waals surface area contributed by atoms with Gasteiger partial charge in [-0.2, -0.15) is 0 Å². The van der Waals surface area contributed by atoms with Crippen molar-refractivity contribution in [3.05, 3.63) is 29.1 Å². The van der Waals surface area contributed by atoms with Gasteiger partial charge in [0.25, 0.3) is 0 Å². The SMILES string of the molecule is CCOC(=O)C(Cc1ccc(OCOC)c2ccsc12)OC. The van der Waals surface area contributed by atoms with Crippen LogP contribution in [0.3, 0.4) is 0 Å². The van der Waals surface area contributed by atoms with Gasteiger partial charge in [0.2, 0.25) is 0 Å². The Morgan fingerprint density at radius 2 is 2.09 bits per heavy atom.